The molecule has 1 N–H and O–H groups in total. The number of carbonyl (C=O) groups is 1. The second-order valence-corrected chi connectivity index (χ2v) is 5.49. The molecule has 1 aromatic heterocycles. The zero-order valence-electron chi connectivity index (χ0n) is 10.2. The Morgan fingerprint density at radius 1 is 1.72 bits per heavy atom. The Morgan fingerprint density at radius 2 is 2.44 bits per heavy atom. The van der Waals surface area contributed by atoms with Gasteiger partial charge in [-0.25, -0.2) is 13.8 Å². The number of aromatic nitrogens is 1. The van der Waals surface area contributed by atoms with E-state index < -0.39 is 24.9 Å². The highest BCUT2D eigenvalue weighted by molar-refractivity contribution is 7.09. The minimum atomic E-state index is -2.78. The van der Waals surface area contributed by atoms with Crippen molar-refractivity contribution in [2.45, 2.75) is 31.9 Å². The Balaban J connectivity index is 1.96. The van der Waals surface area contributed by atoms with Gasteiger partial charge in [-0.05, 0) is 6.92 Å². The summed E-state index contributed by atoms with van der Waals surface area (Å²) in [4.78, 5) is 18.5. The number of hydrogen-bond donors (Lipinski definition) is 1. The van der Waals surface area contributed by atoms with Crippen molar-refractivity contribution in [2.75, 3.05) is 13.6 Å². The molecule has 2 heterocycles. The van der Waals surface area contributed by atoms with Crippen molar-refractivity contribution >= 4 is 17.2 Å². The second-order valence-electron chi connectivity index (χ2n) is 4.55. The van der Waals surface area contributed by atoms with E-state index in [-0.39, 0.29) is 5.91 Å². The smallest absolute Gasteiger partial charge is 0.262 e. The average Bonchev–Trinajstić information content (AvgIpc) is 2.84. The zero-order chi connectivity index (χ0) is 13.3. The largest absolute Gasteiger partial charge is 0.339 e. The third kappa shape index (κ3) is 2.84. The van der Waals surface area contributed by atoms with Gasteiger partial charge in [0.25, 0.3) is 5.92 Å². The highest BCUT2D eigenvalue weighted by Gasteiger charge is 2.43. The van der Waals surface area contributed by atoms with E-state index >= 15 is 0 Å². The van der Waals surface area contributed by atoms with E-state index in [1.165, 1.54) is 16.2 Å². The van der Waals surface area contributed by atoms with Gasteiger partial charge in [-0.1, -0.05) is 0 Å². The van der Waals surface area contributed by atoms with Gasteiger partial charge in [-0.15, -0.1) is 11.3 Å². The monoisotopic (exact) mass is 275 g/mol. The molecule has 7 heteroatoms. The SMILES string of the molecule is Cc1ncsc1CN(C)C(=O)C1CC(F)(F)CN1. The van der Waals surface area contributed by atoms with Crippen LogP contribution in [0.4, 0.5) is 8.78 Å². The van der Waals surface area contributed by atoms with Gasteiger partial charge in [0.1, 0.15) is 0 Å². The van der Waals surface area contributed by atoms with E-state index in [4.69, 9.17) is 0 Å². The summed E-state index contributed by atoms with van der Waals surface area (Å²) in [7, 11) is 1.62. The number of likely N-dealkylation sites (N-methyl/N-ethyl adjacent to an activating group) is 1. The van der Waals surface area contributed by atoms with Crippen LogP contribution >= 0.6 is 11.3 Å². The minimum absolute atomic E-state index is 0.292. The topological polar surface area (TPSA) is 45.2 Å². The van der Waals surface area contributed by atoms with Crippen LogP contribution < -0.4 is 5.32 Å². The van der Waals surface area contributed by atoms with Crippen molar-refractivity contribution in [1.29, 1.82) is 0 Å². The first-order chi connectivity index (χ1) is 8.39. The molecule has 1 aromatic rings. The van der Waals surface area contributed by atoms with Gasteiger partial charge in [0.15, 0.2) is 0 Å². The van der Waals surface area contributed by atoms with Crippen LogP contribution in [0.1, 0.15) is 17.0 Å². The summed E-state index contributed by atoms with van der Waals surface area (Å²) in [6.45, 7) is 1.86. The van der Waals surface area contributed by atoms with Crippen LogP contribution in [-0.4, -0.2) is 41.3 Å². The molecule has 1 amide bonds. The molecule has 1 unspecified atom stereocenters. The third-order valence-electron chi connectivity index (χ3n) is 3.01. The van der Waals surface area contributed by atoms with Gasteiger partial charge >= 0.3 is 0 Å². The summed E-state index contributed by atoms with van der Waals surface area (Å²) in [5.74, 6) is -3.07. The van der Waals surface area contributed by atoms with E-state index in [0.29, 0.717) is 6.54 Å². The van der Waals surface area contributed by atoms with E-state index in [1.54, 1.807) is 12.6 Å². The first-order valence-electron chi connectivity index (χ1n) is 5.64. The summed E-state index contributed by atoms with van der Waals surface area (Å²) in [6.07, 6.45) is -0.419. The highest BCUT2D eigenvalue weighted by atomic mass is 32.1. The Bertz CT molecular complexity index is 449. The number of alkyl halides is 2. The molecule has 0 spiro atoms. The fourth-order valence-corrected chi connectivity index (χ4v) is 2.76. The molecule has 1 fully saturated rings. The maximum Gasteiger partial charge on any atom is 0.262 e. The summed E-state index contributed by atoms with van der Waals surface area (Å²) >= 11 is 1.46. The first-order valence-corrected chi connectivity index (χ1v) is 6.52. The lowest BCUT2D eigenvalue weighted by Crippen LogP contribution is -2.41. The van der Waals surface area contributed by atoms with E-state index in [1.807, 2.05) is 6.92 Å². The molecular weight excluding hydrogens is 260 g/mol. The van der Waals surface area contributed by atoms with Gasteiger partial charge in [-0.2, -0.15) is 0 Å². The predicted molar refractivity (Wildman–Crippen MR) is 64.7 cm³/mol. The molecule has 1 aliphatic heterocycles. The summed E-state index contributed by atoms with van der Waals surface area (Å²) in [6, 6.07) is -0.779. The maximum atomic E-state index is 13.0. The standard InChI is InChI=1S/C11H15F2N3OS/c1-7-9(18-6-15-7)4-16(2)10(17)8-3-11(12,13)5-14-8/h6,8,14H,3-5H2,1-2H3. The minimum Gasteiger partial charge on any atom is -0.339 e. The van der Waals surface area contributed by atoms with Crippen LogP contribution in [0, 0.1) is 6.92 Å². The molecule has 18 heavy (non-hydrogen) atoms. The normalized spacial score (nSPS) is 22.1. The number of nitrogens with one attached hydrogen (secondary N) is 1. The Hall–Kier alpha value is -1.08. The van der Waals surface area contributed by atoms with Crippen molar-refractivity contribution in [2.24, 2.45) is 0 Å². The van der Waals surface area contributed by atoms with Crippen LogP contribution in [-0.2, 0) is 11.3 Å². The van der Waals surface area contributed by atoms with Crippen molar-refractivity contribution in [3.05, 3.63) is 16.1 Å². The van der Waals surface area contributed by atoms with Crippen LogP contribution in [0.3, 0.4) is 0 Å². The number of thiazole rings is 1. The highest BCUT2D eigenvalue weighted by Crippen LogP contribution is 2.26. The average molecular weight is 275 g/mol. The van der Waals surface area contributed by atoms with Crippen molar-refractivity contribution < 1.29 is 13.6 Å². The molecule has 2 rings (SSSR count). The summed E-state index contributed by atoms with van der Waals surface area (Å²) in [5.41, 5.74) is 2.59. The lowest BCUT2D eigenvalue weighted by molar-refractivity contribution is -0.132. The number of hydrogen-bond acceptors (Lipinski definition) is 4. The Labute approximate surface area is 108 Å². The first kappa shape index (κ1) is 13.4. The Morgan fingerprint density at radius 3 is 2.94 bits per heavy atom. The molecule has 0 aliphatic carbocycles. The summed E-state index contributed by atoms with van der Waals surface area (Å²) in [5, 5.41) is 2.57. The molecule has 1 aliphatic rings. The van der Waals surface area contributed by atoms with E-state index in [9.17, 15) is 13.6 Å². The molecular formula is C11H15F2N3OS. The van der Waals surface area contributed by atoms with Gasteiger partial charge in [0.2, 0.25) is 5.91 Å². The molecule has 0 saturated carbocycles. The Kier molecular flexibility index (Phi) is 3.63. The van der Waals surface area contributed by atoms with Crippen LogP contribution in [0.25, 0.3) is 0 Å². The fraction of sp³-hybridized carbons (Fsp3) is 0.636. The van der Waals surface area contributed by atoms with E-state index in [0.717, 1.165) is 10.6 Å². The van der Waals surface area contributed by atoms with Crippen molar-refractivity contribution in [1.82, 2.24) is 15.2 Å². The number of nitrogens with zero attached hydrogens (tertiary/aromatic N) is 2. The molecule has 1 saturated heterocycles. The quantitative estimate of drug-likeness (QED) is 0.907. The fourth-order valence-electron chi connectivity index (χ4n) is 1.93. The number of carbonyl (C=O) groups excluding carboxylic acids is 1. The van der Waals surface area contributed by atoms with Crippen LogP contribution in [0.15, 0.2) is 5.51 Å². The zero-order valence-corrected chi connectivity index (χ0v) is 11.1. The number of halogens is 2. The van der Waals surface area contributed by atoms with Gasteiger partial charge in [0.05, 0.1) is 30.3 Å². The molecule has 0 bridgehead atoms. The second kappa shape index (κ2) is 4.89. The summed E-state index contributed by atoms with van der Waals surface area (Å²) < 4.78 is 26.0. The molecule has 4 nitrogen and oxygen atoms in total. The van der Waals surface area contributed by atoms with Gasteiger partial charge < -0.3 is 4.90 Å². The lowest BCUT2D eigenvalue weighted by atomic mass is 10.1. The van der Waals surface area contributed by atoms with Gasteiger partial charge in [0, 0.05) is 18.3 Å². The molecule has 100 valence electrons. The van der Waals surface area contributed by atoms with Crippen molar-refractivity contribution in [3.63, 3.8) is 0 Å². The van der Waals surface area contributed by atoms with Crippen molar-refractivity contribution in [3.8, 4) is 0 Å². The van der Waals surface area contributed by atoms with Crippen LogP contribution in [0.2, 0.25) is 0 Å². The third-order valence-corrected chi connectivity index (χ3v) is 3.93. The molecule has 1 atom stereocenters. The number of aryl methyl sites for hydroxylation is 1. The molecule has 0 aromatic carbocycles. The van der Waals surface area contributed by atoms with Gasteiger partial charge in [-0.3, -0.25) is 10.1 Å². The molecule has 0 radical (unpaired) electrons. The number of amides is 1. The number of rotatable bonds is 3. The maximum absolute atomic E-state index is 13.0. The predicted octanol–water partition coefficient (Wildman–Crippen LogP) is 1.41. The van der Waals surface area contributed by atoms with Crippen LogP contribution in [0.5, 0.6) is 0 Å². The lowest BCUT2D eigenvalue weighted by Gasteiger charge is -2.20. The van der Waals surface area contributed by atoms with E-state index in [2.05, 4.69) is 10.3 Å².